The SMILES string of the molecule is COC[C@H](C)N1CCN(c2cccc(F)c2C#N)CC1. The van der Waals surface area contributed by atoms with Crippen LogP contribution in [0.15, 0.2) is 18.2 Å². The van der Waals surface area contributed by atoms with Gasteiger partial charge in [0.05, 0.1) is 12.3 Å². The summed E-state index contributed by atoms with van der Waals surface area (Å²) in [5, 5.41) is 9.10. The number of anilines is 1. The van der Waals surface area contributed by atoms with Gasteiger partial charge in [0, 0.05) is 39.3 Å². The monoisotopic (exact) mass is 277 g/mol. The number of benzene rings is 1. The molecule has 4 nitrogen and oxygen atoms in total. The smallest absolute Gasteiger partial charge is 0.143 e. The molecule has 1 atom stereocenters. The lowest BCUT2D eigenvalue weighted by Crippen LogP contribution is -2.50. The minimum Gasteiger partial charge on any atom is -0.383 e. The van der Waals surface area contributed by atoms with Gasteiger partial charge in [-0.2, -0.15) is 5.26 Å². The molecule has 0 N–H and O–H groups in total. The lowest BCUT2D eigenvalue weighted by atomic mass is 10.1. The molecule has 0 bridgehead atoms. The maximum atomic E-state index is 13.6. The fourth-order valence-electron chi connectivity index (χ4n) is 2.64. The Labute approximate surface area is 119 Å². The highest BCUT2D eigenvalue weighted by atomic mass is 19.1. The Morgan fingerprint density at radius 1 is 1.35 bits per heavy atom. The number of nitriles is 1. The van der Waals surface area contributed by atoms with Crippen molar-refractivity contribution in [3.8, 4) is 6.07 Å². The first-order valence-electron chi connectivity index (χ1n) is 6.84. The third-order valence-electron chi connectivity index (χ3n) is 3.79. The van der Waals surface area contributed by atoms with Gasteiger partial charge >= 0.3 is 0 Å². The molecular weight excluding hydrogens is 257 g/mol. The van der Waals surface area contributed by atoms with Crippen molar-refractivity contribution in [1.29, 1.82) is 5.26 Å². The first-order valence-corrected chi connectivity index (χ1v) is 6.84. The van der Waals surface area contributed by atoms with Gasteiger partial charge in [0.2, 0.25) is 0 Å². The molecule has 1 heterocycles. The summed E-state index contributed by atoms with van der Waals surface area (Å²) < 4.78 is 18.8. The number of hydrogen-bond acceptors (Lipinski definition) is 4. The van der Waals surface area contributed by atoms with Crippen LogP contribution in [0, 0.1) is 17.1 Å². The number of methoxy groups -OCH3 is 1. The molecule has 0 unspecified atom stereocenters. The largest absolute Gasteiger partial charge is 0.383 e. The summed E-state index contributed by atoms with van der Waals surface area (Å²) in [4.78, 5) is 4.43. The molecule has 0 radical (unpaired) electrons. The van der Waals surface area contributed by atoms with E-state index < -0.39 is 5.82 Å². The summed E-state index contributed by atoms with van der Waals surface area (Å²) in [6.45, 7) is 6.24. The predicted octanol–water partition coefficient (Wildman–Crippen LogP) is 1.85. The Bertz CT molecular complexity index is 492. The number of halogens is 1. The molecule has 5 heteroatoms. The van der Waals surface area contributed by atoms with Gasteiger partial charge in [0.15, 0.2) is 0 Å². The van der Waals surface area contributed by atoms with Crippen LogP contribution in [0.5, 0.6) is 0 Å². The Kier molecular flexibility index (Phi) is 4.94. The first-order chi connectivity index (χ1) is 9.67. The zero-order valence-corrected chi connectivity index (χ0v) is 12.0. The molecule has 0 aliphatic carbocycles. The van der Waals surface area contributed by atoms with E-state index in [2.05, 4.69) is 16.7 Å². The fourth-order valence-corrected chi connectivity index (χ4v) is 2.64. The van der Waals surface area contributed by atoms with Gasteiger partial charge in [0.25, 0.3) is 0 Å². The van der Waals surface area contributed by atoms with Crippen molar-refractivity contribution in [1.82, 2.24) is 4.90 Å². The summed E-state index contributed by atoms with van der Waals surface area (Å²) in [7, 11) is 1.71. The highest BCUT2D eigenvalue weighted by Gasteiger charge is 2.23. The van der Waals surface area contributed by atoms with E-state index in [9.17, 15) is 4.39 Å². The lowest BCUT2D eigenvalue weighted by Gasteiger charge is -2.39. The van der Waals surface area contributed by atoms with Gasteiger partial charge < -0.3 is 9.64 Å². The highest BCUT2D eigenvalue weighted by molar-refractivity contribution is 5.60. The van der Waals surface area contributed by atoms with E-state index in [1.54, 1.807) is 13.2 Å². The molecule has 108 valence electrons. The summed E-state index contributed by atoms with van der Waals surface area (Å²) >= 11 is 0. The third kappa shape index (κ3) is 3.09. The first kappa shape index (κ1) is 14.8. The van der Waals surface area contributed by atoms with Crippen LogP contribution in [0.4, 0.5) is 10.1 Å². The molecule has 1 aromatic rings. The van der Waals surface area contributed by atoms with E-state index in [4.69, 9.17) is 10.00 Å². The molecular formula is C15H20FN3O. The third-order valence-corrected chi connectivity index (χ3v) is 3.79. The van der Waals surface area contributed by atoms with Crippen molar-refractivity contribution < 1.29 is 9.13 Å². The molecule has 20 heavy (non-hydrogen) atoms. The Hall–Kier alpha value is -1.64. The van der Waals surface area contributed by atoms with E-state index in [1.807, 2.05) is 12.1 Å². The van der Waals surface area contributed by atoms with Gasteiger partial charge in [-0.25, -0.2) is 4.39 Å². The van der Waals surface area contributed by atoms with Gasteiger partial charge in [-0.3, -0.25) is 4.90 Å². The van der Waals surface area contributed by atoms with Crippen LogP contribution in [0.25, 0.3) is 0 Å². The van der Waals surface area contributed by atoms with E-state index in [1.165, 1.54) is 6.07 Å². The summed E-state index contributed by atoms with van der Waals surface area (Å²) in [5.74, 6) is -0.444. The molecule has 1 aliphatic rings. The van der Waals surface area contributed by atoms with Gasteiger partial charge in [0.1, 0.15) is 17.4 Å². The van der Waals surface area contributed by atoms with E-state index >= 15 is 0 Å². The molecule has 1 aliphatic heterocycles. The lowest BCUT2D eigenvalue weighted by molar-refractivity contribution is 0.0953. The van der Waals surface area contributed by atoms with Crippen LogP contribution in [-0.4, -0.2) is 50.8 Å². The van der Waals surface area contributed by atoms with Crippen molar-refractivity contribution >= 4 is 5.69 Å². The quantitative estimate of drug-likeness (QED) is 0.842. The van der Waals surface area contributed by atoms with Crippen molar-refractivity contribution in [3.63, 3.8) is 0 Å². The predicted molar refractivity (Wildman–Crippen MR) is 76.2 cm³/mol. The van der Waals surface area contributed by atoms with Crippen LogP contribution in [0.1, 0.15) is 12.5 Å². The second kappa shape index (κ2) is 6.69. The zero-order chi connectivity index (χ0) is 14.5. The molecule has 1 aromatic carbocycles. The van der Waals surface area contributed by atoms with E-state index in [0.29, 0.717) is 18.3 Å². The maximum absolute atomic E-state index is 13.6. The Morgan fingerprint density at radius 2 is 2.05 bits per heavy atom. The van der Waals surface area contributed by atoms with Crippen LogP contribution in [-0.2, 0) is 4.74 Å². The maximum Gasteiger partial charge on any atom is 0.143 e. The van der Waals surface area contributed by atoms with Crippen molar-refractivity contribution in [2.45, 2.75) is 13.0 Å². The Balaban J connectivity index is 2.05. The van der Waals surface area contributed by atoms with Crippen LogP contribution < -0.4 is 4.90 Å². The van der Waals surface area contributed by atoms with Gasteiger partial charge in [-0.05, 0) is 19.1 Å². The molecule has 1 saturated heterocycles. The second-order valence-electron chi connectivity index (χ2n) is 5.07. The minimum absolute atomic E-state index is 0.144. The Morgan fingerprint density at radius 3 is 2.65 bits per heavy atom. The molecule has 0 amide bonds. The summed E-state index contributed by atoms with van der Waals surface area (Å²) in [6.07, 6.45) is 0. The van der Waals surface area contributed by atoms with Crippen LogP contribution in [0.2, 0.25) is 0 Å². The van der Waals surface area contributed by atoms with Crippen molar-refractivity contribution in [2.75, 3.05) is 44.8 Å². The van der Waals surface area contributed by atoms with Crippen LogP contribution >= 0.6 is 0 Å². The topological polar surface area (TPSA) is 39.5 Å². The van der Waals surface area contributed by atoms with Crippen LogP contribution in [0.3, 0.4) is 0 Å². The second-order valence-corrected chi connectivity index (χ2v) is 5.07. The number of piperazine rings is 1. The van der Waals surface area contributed by atoms with E-state index in [0.717, 1.165) is 26.2 Å². The summed E-state index contributed by atoms with van der Waals surface area (Å²) in [6, 6.07) is 7.15. The number of rotatable bonds is 4. The minimum atomic E-state index is -0.444. The standard InChI is InChI=1S/C15H20FN3O/c1-12(11-20-2)18-6-8-19(9-7-18)15-5-3-4-14(16)13(15)10-17/h3-5,12H,6-9,11H2,1-2H3/t12-/m0/s1. The fraction of sp³-hybridized carbons (Fsp3) is 0.533. The molecule has 0 aromatic heterocycles. The molecule has 0 spiro atoms. The average Bonchev–Trinajstić information content (AvgIpc) is 2.47. The molecule has 1 fully saturated rings. The zero-order valence-electron chi connectivity index (χ0n) is 12.0. The summed E-state index contributed by atoms with van der Waals surface area (Å²) in [5.41, 5.74) is 0.845. The average molecular weight is 277 g/mol. The van der Waals surface area contributed by atoms with Gasteiger partial charge in [-0.1, -0.05) is 6.07 Å². The number of nitrogens with zero attached hydrogens (tertiary/aromatic N) is 3. The van der Waals surface area contributed by atoms with Gasteiger partial charge in [-0.15, -0.1) is 0 Å². The number of ether oxygens (including phenoxy) is 1. The number of hydrogen-bond donors (Lipinski definition) is 0. The normalized spacial score (nSPS) is 17.8. The highest BCUT2D eigenvalue weighted by Crippen LogP contribution is 2.24. The molecule has 2 rings (SSSR count). The van der Waals surface area contributed by atoms with E-state index in [-0.39, 0.29) is 5.56 Å². The molecule has 0 saturated carbocycles. The van der Waals surface area contributed by atoms with Crippen molar-refractivity contribution in [2.24, 2.45) is 0 Å². The van der Waals surface area contributed by atoms with Crippen molar-refractivity contribution in [3.05, 3.63) is 29.6 Å².